The van der Waals surface area contributed by atoms with Gasteiger partial charge in [-0.3, -0.25) is 4.79 Å². The molecule has 0 bridgehead atoms. The zero-order valence-electron chi connectivity index (χ0n) is 8.26. The molecule has 0 atom stereocenters. The van der Waals surface area contributed by atoms with Crippen molar-refractivity contribution in [3.05, 3.63) is 19.2 Å². The first-order chi connectivity index (χ1) is 7.65. The molecule has 7 heteroatoms. The Morgan fingerprint density at radius 1 is 1.44 bits per heavy atom. The lowest BCUT2D eigenvalue weighted by atomic mass is 10.4. The third-order valence-corrected chi connectivity index (χ3v) is 5.20. The Labute approximate surface area is 123 Å². The molecule has 1 rings (SSSR count). The molecule has 1 aromatic rings. The Hall–Kier alpha value is 0.570. The van der Waals surface area contributed by atoms with E-state index in [1.54, 1.807) is 6.07 Å². The summed E-state index contributed by atoms with van der Waals surface area (Å²) in [7, 11) is 0. The lowest BCUT2D eigenvalue weighted by Gasteiger charge is -2.03. The number of amides is 1. The first-order valence-electron chi connectivity index (χ1n) is 4.52. The van der Waals surface area contributed by atoms with Gasteiger partial charge in [-0.15, -0.1) is 11.3 Å². The maximum atomic E-state index is 11.6. The number of hydrogen-bond acceptors (Lipinski definition) is 3. The van der Waals surface area contributed by atoms with Crippen molar-refractivity contribution in [2.45, 2.75) is 0 Å². The van der Waals surface area contributed by atoms with Gasteiger partial charge in [0.1, 0.15) is 0 Å². The first kappa shape index (κ1) is 14.6. The van der Waals surface area contributed by atoms with Gasteiger partial charge in [-0.05, 0) is 37.9 Å². The molecule has 0 aromatic carbocycles. The number of rotatable bonds is 6. The number of halogens is 3. The van der Waals surface area contributed by atoms with Crippen molar-refractivity contribution in [3.8, 4) is 0 Å². The van der Waals surface area contributed by atoms with Crippen molar-refractivity contribution in [3.63, 3.8) is 0 Å². The zero-order chi connectivity index (χ0) is 12.0. The average molecular weight is 436 g/mol. The average Bonchev–Trinajstić information content (AvgIpc) is 2.59. The molecule has 3 nitrogen and oxygen atoms in total. The van der Waals surface area contributed by atoms with Crippen LogP contribution in [-0.2, 0) is 4.74 Å². The Morgan fingerprint density at radius 2 is 2.19 bits per heavy atom. The van der Waals surface area contributed by atoms with Crippen molar-refractivity contribution in [1.82, 2.24) is 5.32 Å². The van der Waals surface area contributed by atoms with E-state index in [-0.39, 0.29) is 5.91 Å². The molecule has 0 aliphatic rings. The normalized spacial score (nSPS) is 10.4. The van der Waals surface area contributed by atoms with Crippen LogP contribution in [0, 0.1) is 0 Å². The zero-order valence-corrected chi connectivity index (χ0v) is 13.8. The molecular formula is C9H10Br3NO2S. The molecule has 0 saturated carbocycles. The number of thiophene rings is 1. The first-order valence-corrected chi connectivity index (χ1v) is 8.04. The second-order valence-electron chi connectivity index (χ2n) is 2.79. The highest BCUT2D eigenvalue weighted by Crippen LogP contribution is 2.32. The van der Waals surface area contributed by atoms with Crippen LogP contribution in [0.15, 0.2) is 14.3 Å². The number of carbonyl (C=O) groups is 1. The quantitative estimate of drug-likeness (QED) is 0.549. The SMILES string of the molecule is O=C(NCCOCCBr)c1cc(Br)c(Br)s1. The van der Waals surface area contributed by atoms with Crippen LogP contribution in [0.4, 0.5) is 0 Å². The minimum Gasteiger partial charge on any atom is -0.379 e. The van der Waals surface area contributed by atoms with E-state index < -0.39 is 0 Å². The molecule has 1 aromatic heterocycles. The van der Waals surface area contributed by atoms with Crippen molar-refractivity contribution in [2.75, 3.05) is 25.1 Å². The fourth-order valence-electron chi connectivity index (χ4n) is 0.939. The molecule has 0 aliphatic heterocycles. The summed E-state index contributed by atoms with van der Waals surface area (Å²) in [5.41, 5.74) is 0. The molecule has 90 valence electrons. The Morgan fingerprint density at radius 3 is 2.75 bits per heavy atom. The second kappa shape index (κ2) is 7.81. The summed E-state index contributed by atoms with van der Waals surface area (Å²) in [5, 5.41) is 3.60. The largest absolute Gasteiger partial charge is 0.379 e. The van der Waals surface area contributed by atoms with Gasteiger partial charge in [0.05, 0.1) is 21.9 Å². The van der Waals surface area contributed by atoms with E-state index in [1.807, 2.05) is 0 Å². The fraction of sp³-hybridized carbons (Fsp3) is 0.444. The standard InChI is InChI=1S/C9H10Br3NO2S/c10-1-3-15-4-2-13-9(14)7-5-6(11)8(12)16-7/h5H,1-4H2,(H,13,14). The lowest BCUT2D eigenvalue weighted by molar-refractivity contribution is 0.0928. The van der Waals surface area contributed by atoms with E-state index in [2.05, 4.69) is 53.1 Å². The summed E-state index contributed by atoms with van der Waals surface area (Å²) in [6.45, 7) is 1.72. The van der Waals surface area contributed by atoms with Crippen LogP contribution in [0.5, 0.6) is 0 Å². The highest BCUT2D eigenvalue weighted by molar-refractivity contribution is 9.13. The van der Waals surface area contributed by atoms with Gasteiger partial charge in [-0.2, -0.15) is 0 Å². The third kappa shape index (κ3) is 4.83. The molecule has 1 heterocycles. The molecule has 0 unspecified atom stereocenters. The van der Waals surface area contributed by atoms with E-state index in [1.165, 1.54) is 11.3 Å². The number of ether oxygens (including phenoxy) is 1. The van der Waals surface area contributed by atoms with Crippen molar-refractivity contribution in [2.24, 2.45) is 0 Å². The van der Waals surface area contributed by atoms with Crippen molar-refractivity contribution in [1.29, 1.82) is 0 Å². The molecule has 0 spiro atoms. The van der Waals surface area contributed by atoms with Gasteiger partial charge >= 0.3 is 0 Å². The van der Waals surface area contributed by atoms with Crippen molar-refractivity contribution < 1.29 is 9.53 Å². The molecule has 1 N–H and O–H groups in total. The summed E-state index contributed by atoms with van der Waals surface area (Å²) >= 11 is 11.3. The van der Waals surface area contributed by atoms with Crippen LogP contribution in [0.25, 0.3) is 0 Å². The maximum absolute atomic E-state index is 11.6. The summed E-state index contributed by atoms with van der Waals surface area (Å²) in [5.74, 6) is -0.0705. The van der Waals surface area contributed by atoms with E-state index in [4.69, 9.17) is 4.74 Å². The molecule has 0 saturated heterocycles. The van der Waals surface area contributed by atoms with Gasteiger partial charge in [-0.1, -0.05) is 15.9 Å². The monoisotopic (exact) mass is 433 g/mol. The van der Waals surface area contributed by atoms with Gasteiger partial charge < -0.3 is 10.1 Å². The smallest absolute Gasteiger partial charge is 0.261 e. The van der Waals surface area contributed by atoms with Gasteiger partial charge in [0.2, 0.25) is 0 Å². The van der Waals surface area contributed by atoms with E-state index in [0.29, 0.717) is 24.6 Å². The predicted molar refractivity (Wildman–Crippen MR) is 76.7 cm³/mol. The van der Waals surface area contributed by atoms with Crippen LogP contribution in [0.1, 0.15) is 9.67 Å². The number of nitrogens with one attached hydrogen (secondary N) is 1. The van der Waals surface area contributed by atoms with Gasteiger partial charge in [0.15, 0.2) is 0 Å². The van der Waals surface area contributed by atoms with Gasteiger partial charge in [0, 0.05) is 16.3 Å². The lowest BCUT2D eigenvalue weighted by Crippen LogP contribution is -2.26. The summed E-state index contributed by atoms with van der Waals surface area (Å²) in [4.78, 5) is 12.3. The van der Waals surface area contributed by atoms with Crippen LogP contribution >= 0.6 is 59.1 Å². The Kier molecular flexibility index (Phi) is 7.14. The Bertz CT molecular complexity index is 337. The topological polar surface area (TPSA) is 38.3 Å². The molecule has 0 fully saturated rings. The minimum absolute atomic E-state index is 0.0705. The Balaban J connectivity index is 2.30. The second-order valence-corrected chi connectivity index (χ2v) is 6.81. The molecule has 0 aliphatic carbocycles. The maximum Gasteiger partial charge on any atom is 0.261 e. The molecule has 1 amide bonds. The highest BCUT2D eigenvalue weighted by atomic mass is 79.9. The minimum atomic E-state index is -0.0705. The van der Waals surface area contributed by atoms with E-state index in [0.717, 1.165) is 13.6 Å². The third-order valence-electron chi connectivity index (χ3n) is 1.62. The van der Waals surface area contributed by atoms with Crippen LogP contribution in [-0.4, -0.2) is 31.0 Å². The van der Waals surface area contributed by atoms with Crippen LogP contribution in [0.2, 0.25) is 0 Å². The summed E-state index contributed by atoms with van der Waals surface area (Å²) in [6, 6.07) is 1.80. The summed E-state index contributed by atoms with van der Waals surface area (Å²) in [6.07, 6.45) is 0. The molecule has 16 heavy (non-hydrogen) atoms. The number of hydrogen-bond donors (Lipinski definition) is 1. The highest BCUT2D eigenvalue weighted by Gasteiger charge is 2.10. The molecule has 0 radical (unpaired) electrons. The van der Waals surface area contributed by atoms with Crippen LogP contribution in [0.3, 0.4) is 0 Å². The fourth-order valence-corrected chi connectivity index (χ4v) is 3.12. The van der Waals surface area contributed by atoms with Gasteiger partial charge in [-0.25, -0.2) is 0 Å². The number of alkyl halides is 1. The number of carbonyl (C=O) groups excluding carboxylic acids is 1. The van der Waals surface area contributed by atoms with Gasteiger partial charge in [0.25, 0.3) is 5.91 Å². The van der Waals surface area contributed by atoms with Crippen molar-refractivity contribution >= 4 is 65.0 Å². The van der Waals surface area contributed by atoms with Crippen LogP contribution < -0.4 is 5.32 Å². The molecular weight excluding hydrogens is 426 g/mol. The summed E-state index contributed by atoms with van der Waals surface area (Å²) < 4.78 is 7.05. The van der Waals surface area contributed by atoms with E-state index in [9.17, 15) is 4.79 Å². The predicted octanol–water partition coefficient (Wildman–Crippen LogP) is 3.41. The van der Waals surface area contributed by atoms with E-state index >= 15 is 0 Å².